The fraction of sp³-hybridized carbons (Fsp3) is 0.321. The first-order valence-electron chi connectivity index (χ1n) is 11.6. The molecule has 1 aliphatic rings. The Morgan fingerprint density at radius 2 is 1.79 bits per heavy atom. The number of hydrogen-bond donors (Lipinski definition) is 1. The zero-order valence-corrected chi connectivity index (χ0v) is 20.2. The molecular formula is C28H32N2O2S. The molecule has 0 radical (unpaired) electrons. The number of carbonyl (C=O) groups is 1. The van der Waals surface area contributed by atoms with Gasteiger partial charge in [0.2, 0.25) is 0 Å². The van der Waals surface area contributed by atoms with Crippen LogP contribution in [0.15, 0.2) is 78.9 Å². The van der Waals surface area contributed by atoms with Gasteiger partial charge in [0, 0.05) is 42.2 Å². The van der Waals surface area contributed by atoms with E-state index in [1.165, 1.54) is 11.3 Å². The summed E-state index contributed by atoms with van der Waals surface area (Å²) in [5, 5.41) is 2.95. The smallest absolute Gasteiger partial charge is 0.251 e. The van der Waals surface area contributed by atoms with E-state index in [1.54, 1.807) is 0 Å². The zero-order chi connectivity index (χ0) is 23.0. The summed E-state index contributed by atoms with van der Waals surface area (Å²) in [4.78, 5) is 14.9. The second kappa shape index (κ2) is 11.4. The molecule has 4 rings (SSSR count). The quantitative estimate of drug-likeness (QED) is 0.471. The summed E-state index contributed by atoms with van der Waals surface area (Å²) < 4.78 is 6.16. The largest absolute Gasteiger partial charge is 0.492 e. The number of benzene rings is 3. The van der Waals surface area contributed by atoms with Gasteiger partial charge in [-0.3, -0.25) is 9.69 Å². The maximum absolute atomic E-state index is 12.4. The summed E-state index contributed by atoms with van der Waals surface area (Å²) in [6, 6.07) is 27.2. The highest BCUT2D eigenvalue weighted by Crippen LogP contribution is 2.29. The van der Waals surface area contributed by atoms with Crippen molar-refractivity contribution in [1.29, 1.82) is 0 Å². The van der Waals surface area contributed by atoms with Crippen molar-refractivity contribution in [3.05, 3.63) is 90.0 Å². The molecule has 0 bridgehead atoms. The molecule has 0 saturated carbocycles. The Balaban J connectivity index is 1.39. The Hall–Kier alpha value is -2.76. The summed E-state index contributed by atoms with van der Waals surface area (Å²) in [5.41, 5.74) is 4.10. The summed E-state index contributed by atoms with van der Waals surface area (Å²) in [6.45, 7) is 6.56. The number of rotatable bonds is 8. The Bertz CT molecular complexity index is 1050. The molecule has 1 heterocycles. The van der Waals surface area contributed by atoms with E-state index in [0.717, 1.165) is 35.7 Å². The number of amides is 1. The molecule has 3 aromatic rings. The Labute approximate surface area is 201 Å². The monoisotopic (exact) mass is 460 g/mol. The van der Waals surface area contributed by atoms with Crippen molar-refractivity contribution < 1.29 is 9.53 Å². The van der Waals surface area contributed by atoms with Gasteiger partial charge in [-0.25, -0.2) is 0 Å². The fourth-order valence-corrected chi connectivity index (χ4v) is 5.28. The molecule has 1 fully saturated rings. The third-order valence-electron chi connectivity index (χ3n) is 5.78. The van der Waals surface area contributed by atoms with Crippen LogP contribution in [0.25, 0.3) is 11.1 Å². The Morgan fingerprint density at radius 3 is 2.58 bits per heavy atom. The lowest BCUT2D eigenvalue weighted by Crippen LogP contribution is -2.38. The van der Waals surface area contributed by atoms with Crippen LogP contribution in [-0.2, 0) is 0 Å². The lowest BCUT2D eigenvalue weighted by molar-refractivity contribution is 0.0943. The van der Waals surface area contributed by atoms with Crippen LogP contribution in [0.4, 0.5) is 0 Å². The zero-order valence-electron chi connectivity index (χ0n) is 19.4. The molecule has 1 N–H and O–H groups in total. The van der Waals surface area contributed by atoms with Crippen molar-refractivity contribution in [3.63, 3.8) is 0 Å². The number of nitrogens with zero attached hydrogens (tertiary/aromatic N) is 1. The summed E-state index contributed by atoms with van der Waals surface area (Å²) >= 11 is 2.03. The van der Waals surface area contributed by atoms with E-state index in [-0.39, 0.29) is 11.9 Å². The average Bonchev–Trinajstić information content (AvgIpc) is 2.85. The summed E-state index contributed by atoms with van der Waals surface area (Å²) in [7, 11) is 0. The van der Waals surface area contributed by atoms with E-state index >= 15 is 0 Å². The van der Waals surface area contributed by atoms with Gasteiger partial charge < -0.3 is 10.1 Å². The maximum Gasteiger partial charge on any atom is 0.251 e. The standard InChI is InChI=1S/C28H32N2O2S/c1-21(2)29-28(31)25-12-6-10-23(18-25)24-11-7-13-26(19-24)32-16-14-30-15-17-33-20-27(30)22-8-4-3-5-9-22/h3-13,18-19,21,27H,14-17,20H2,1-2H3,(H,29,31). The molecule has 1 unspecified atom stereocenters. The summed E-state index contributed by atoms with van der Waals surface area (Å²) in [6.07, 6.45) is 0. The number of ether oxygens (including phenoxy) is 1. The molecule has 0 aliphatic carbocycles. The third-order valence-corrected chi connectivity index (χ3v) is 6.81. The van der Waals surface area contributed by atoms with Crippen LogP contribution in [-0.4, -0.2) is 48.1 Å². The average molecular weight is 461 g/mol. The van der Waals surface area contributed by atoms with Crippen molar-refractivity contribution in [1.82, 2.24) is 10.2 Å². The number of nitrogens with one attached hydrogen (secondary N) is 1. The first kappa shape index (κ1) is 23.4. The predicted octanol–water partition coefficient (Wildman–Crippen LogP) is 5.66. The lowest BCUT2D eigenvalue weighted by atomic mass is 10.0. The lowest BCUT2D eigenvalue weighted by Gasteiger charge is -2.35. The molecule has 0 spiro atoms. The van der Waals surface area contributed by atoms with Gasteiger partial charge in [0.15, 0.2) is 0 Å². The molecule has 0 aromatic heterocycles. The minimum absolute atomic E-state index is 0.0491. The first-order chi connectivity index (χ1) is 16.1. The fourth-order valence-electron chi connectivity index (χ4n) is 4.12. The number of carbonyl (C=O) groups excluding carboxylic acids is 1. The van der Waals surface area contributed by atoms with E-state index in [0.29, 0.717) is 18.2 Å². The van der Waals surface area contributed by atoms with E-state index < -0.39 is 0 Å². The molecule has 3 aromatic carbocycles. The SMILES string of the molecule is CC(C)NC(=O)c1cccc(-c2cccc(OCCN3CCSCC3c3ccccc3)c2)c1. The van der Waals surface area contributed by atoms with Gasteiger partial charge >= 0.3 is 0 Å². The summed E-state index contributed by atoms with van der Waals surface area (Å²) in [5.74, 6) is 3.10. The minimum Gasteiger partial charge on any atom is -0.492 e. The second-order valence-electron chi connectivity index (χ2n) is 8.62. The van der Waals surface area contributed by atoms with E-state index in [2.05, 4.69) is 52.7 Å². The topological polar surface area (TPSA) is 41.6 Å². The molecule has 1 saturated heterocycles. The molecule has 33 heavy (non-hydrogen) atoms. The van der Waals surface area contributed by atoms with Gasteiger partial charge in [-0.15, -0.1) is 0 Å². The molecule has 1 aliphatic heterocycles. The van der Waals surface area contributed by atoms with Gasteiger partial charge in [-0.05, 0) is 54.8 Å². The van der Waals surface area contributed by atoms with Crippen molar-refractivity contribution in [2.75, 3.05) is 31.2 Å². The highest BCUT2D eigenvalue weighted by atomic mass is 32.2. The van der Waals surface area contributed by atoms with Gasteiger partial charge in [0.25, 0.3) is 5.91 Å². The van der Waals surface area contributed by atoms with Crippen molar-refractivity contribution >= 4 is 17.7 Å². The Kier molecular flexibility index (Phi) is 8.08. The van der Waals surface area contributed by atoms with Gasteiger partial charge in [-0.2, -0.15) is 11.8 Å². The maximum atomic E-state index is 12.4. The minimum atomic E-state index is -0.0491. The first-order valence-corrected chi connectivity index (χ1v) is 12.8. The second-order valence-corrected chi connectivity index (χ2v) is 9.77. The van der Waals surface area contributed by atoms with Crippen LogP contribution in [0, 0.1) is 0 Å². The highest BCUT2D eigenvalue weighted by Gasteiger charge is 2.23. The molecule has 1 atom stereocenters. The van der Waals surface area contributed by atoms with Crippen LogP contribution in [0.3, 0.4) is 0 Å². The van der Waals surface area contributed by atoms with Gasteiger partial charge in [0.05, 0.1) is 0 Å². The van der Waals surface area contributed by atoms with Gasteiger partial charge in [0.1, 0.15) is 12.4 Å². The van der Waals surface area contributed by atoms with Crippen LogP contribution in [0.2, 0.25) is 0 Å². The normalized spacial score (nSPS) is 16.5. The van der Waals surface area contributed by atoms with Crippen molar-refractivity contribution in [2.24, 2.45) is 0 Å². The van der Waals surface area contributed by atoms with Crippen LogP contribution in [0.1, 0.15) is 35.8 Å². The van der Waals surface area contributed by atoms with Crippen LogP contribution >= 0.6 is 11.8 Å². The van der Waals surface area contributed by atoms with Crippen molar-refractivity contribution in [2.45, 2.75) is 25.9 Å². The van der Waals surface area contributed by atoms with Crippen molar-refractivity contribution in [3.8, 4) is 16.9 Å². The molecule has 5 heteroatoms. The van der Waals surface area contributed by atoms with E-state index in [1.807, 2.05) is 62.0 Å². The van der Waals surface area contributed by atoms with Crippen LogP contribution in [0.5, 0.6) is 5.75 Å². The Morgan fingerprint density at radius 1 is 1.03 bits per heavy atom. The number of thioether (sulfide) groups is 1. The van der Waals surface area contributed by atoms with Gasteiger partial charge in [-0.1, -0.05) is 54.6 Å². The van der Waals surface area contributed by atoms with E-state index in [4.69, 9.17) is 4.74 Å². The third kappa shape index (κ3) is 6.40. The van der Waals surface area contributed by atoms with E-state index in [9.17, 15) is 4.79 Å². The molecular weight excluding hydrogens is 428 g/mol. The molecule has 1 amide bonds. The molecule has 172 valence electrons. The van der Waals surface area contributed by atoms with Crippen LogP contribution < -0.4 is 10.1 Å². The number of hydrogen-bond acceptors (Lipinski definition) is 4. The predicted molar refractivity (Wildman–Crippen MR) is 138 cm³/mol. The highest BCUT2D eigenvalue weighted by molar-refractivity contribution is 7.99. The molecule has 4 nitrogen and oxygen atoms in total.